The molecule has 1 atom stereocenters. The zero-order valence-electron chi connectivity index (χ0n) is 17.9. The third-order valence-electron chi connectivity index (χ3n) is 5.31. The van der Waals surface area contributed by atoms with E-state index in [1.165, 1.54) is 18.2 Å². The molecule has 4 rings (SSSR count). The van der Waals surface area contributed by atoms with E-state index in [4.69, 9.17) is 4.74 Å². The topological polar surface area (TPSA) is 90.5 Å². The van der Waals surface area contributed by atoms with Crippen LogP contribution in [-0.4, -0.2) is 54.4 Å². The number of methoxy groups -OCH3 is 1. The highest BCUT2D eigenvalue weighted by Gasteiger charge is 2.27. The van der Waals surface area contributed by atoms with E-state index >= 15 is 0 Å². The lowest BCUT2D eigenvalue weighted by atomic mass is 10.2. The Labute approximate surface area is 184 Å². The van der Waals surface area contributed by atoms with Gasteiger partial charge in [-0.15, -0.1) is 0 Å². The predicted octanol–water partition coefficient (Wildman–Crippen LogP) is 2.70. The van der Waals surface area contributed by atoms with Crippen molar-refractivity contribution in [3.63, 3.8) is 0 Å². The minimum Gasteiger partial charge on any atom is -0.497 e. The Morgan fingerprint density at radius 2 is 1.97 bits per heavy atom. The van der Waals surface area contributed by atoms with Crippen LogP contribution in [0.3, 0.4) is 0 Å². The predicted molar refractivity (Wildman–Crippen MR) is 119 cm³/mol. The standard InChI is InChI=1S/C22H25F2N7O/c1-25-22(27-15-10-11-31(13-15)20-17(23)4-3-5-18(20)24)26-12-19-28-21(30-29-19)14-6-8-16(32-2)9-7-14/h3-9,15H,10-13H2,1-2H3,(H2,25,26,27)(H,28,29,30). The Morgan fingerprint density at radius 3 is 2.66 bits per heavy atom. The Hall–Kier alpha value is -3.69. The van der Waals surface area contributed by atoms with E-state index in [0.29, 0.717) is 37.2 Å². The van der Waals surface area contributed by atoms with Gasteiger partial charge in [0, 0.05) is 31.7 Å². The molecule has 0 saturated carbocycles. The number of anilines is 1. The van der Waals surface area contributed by atoms with Gasteiger partial charge in [-0.3, -0.25) is 10.1 Å². The lowest BCUT2D eigenvalue weighted by molar-refractivity contribution is 0.415. The van der Waals surface area contributed by atoms with Gasteiger partial charge in [0.25, 0.3) is 0 Å². The number of hydrogen-bond acceptors (Lipinski definition) is 5. The number of guanidine groups is 1. The lowest BCUT2D eigenvalue weighted by Crippen LogP contribution is -2.44. The molecule has 3 aromatic rings. The minimum atomic E-state index is -0.550. The van der Waals surface area contributed by atoms with Crippen LogP contribution in [0, 0.1) is 11.6 Å². The van der Waals surface area contributed by atoms with Crippen molar-refractivity contribution in [1.29, 1.82) is 0 Å². The van der Waals surface area contributed by atoms with Crippen molar-refractivity contribution in [2.24, 2.45) is 4.99 Å². The summed E-state index contributed by atoms with van der Waals surface area (Å²) in [5, 5.41) is 13.7. The Kier molecular flexibility index (Phi) is 6.48. The first-order valence-corrected chi connectivity index (χ1v) is 10.3. The minimum absolute atomic E-state index is 0.00444. The van der Waals surface area contributed by atoms with Crippen LogP contribution in [0.15, 0.2) is 47.5 Å². The highest BCUT2D eigenvalue weighted by Crippen LogP contribution is 2.26. The molecular formula is C22H25F2N7O. The summed E-state index contributed by atoms with van der Waals surface area (Å²) in [6.07, 6.45) is 0.735. The van der Waals surface area contributed by atoms with Crippen molar-refractivity contribution < 1.29 is 13.5 Å². The number of nitrogens with one attached hydrogen (secondary N) is 3. The molecule has 1 aliphatic heterocycles. The van der Waals surface area contributed by atoms with Gasteiger partial charge in [-0.1, -0.05) is 6.07 Å². The third kappa shape index (κ3) is 4.79. The molecule has 2 aromatic carbocycles. The number of para-hydroxylation sites is 1. The number of rotatable bonds is 6. The third-order valence-corrected chi connectivity index (χ3v) is 5.31. The molecular weight excluding hydrogens is 416 g/mol. The van der Waals surface area contributed by atoms with Crippen LogP contribution < -0.4 is 20.3 Å². The fourth-order valence-corrected chi connectivity index (χ4v) is 3.67. The number of nitrogens with zero attached hydrogens (tertiary/aromatic N) is 4. The smallest absolute Gasteiger partial charge is 0.191 e. The van der Waals surface area contributed by atoms with Crippen LogP contribution >= 0.6 is 0 Å². The monoisotopic (exact) mass is 441 g/mol. The molecule has 2 heterocycles. The van der Waals surface area contributed by atoms with Crippen molar-refractivity contribution in [1.82, 2.24) is 25.8 Å². The molecule has 0 spiro atoms. The summed E-state index contributed by atoms with van der Waals surface area (Å²) < 4.78 is 33.3. The lowest BCUT2D eigenvalue weighted by Gasteiger charge is -2.21. The van der Waals surface area contributed by atoms with E-state index in [1.54, 1.807) is 19.1 Å². The molecule has 0 bridgehead atoms. The summed E-state index contributed by atoms with van der Waals surface area (Å²) in [5.41, 5.74) is 0.898. The maximum absolute atomic E-state index is 14.1. The molecule has 10 heteroatoms. The number of hydrogen-bond donors (Lipinski definition) is 3. The maximum atomic E-state index is 14.1. The van der Waals surface area contributed by atoms with E-state index in [-0.39, 0.29) is 11.7 Å². The first kappa shape index (κ1) is 21.5. The van der Waals surface area contributed by atoms with Crippen LogP contribution in [-0.2, 0) is 6.54 Å². The quantitative estimate of drug-likeness (QED) is 0.403. The molecule has 1 aromatic heterocycles. The Balaban J connectivity index is 1.32. The molecule has 0 amide bonds. The summed E-state index contributed by atoms with van der Waals surface area (Å²) in [6, 6.07) is 11.4. The first-order chi connectivity index (χ1) is 15.6. The second-order valence-corrected chi connectivity index (χ2v) is 7.41. The van der Waals surface area contributed by atoms with E-state index in [0.717, 1.165) is 17.7 Å². The molecule has 1 unspecified atom stereocenters. The Morgan fingerprint density at radius 1 is 1.22 bits per heavy atom. The summed E-state index contributed by atoms with van der Waals surface area (Å²) in [5.74, 6) is 1.49. The number of aromatic amines is 1. The average Bonchev–Trinajstić information content (AvgIpc) is 3.46. The van der Waals surface area contributed by atoms with E-state index < -0.39 is 11.6 Å². The molecule has 0 radical (unpaired) electrons. The van der Waals surface area contributed by atoms with E-state index in [9.17, 15) is 8.78 Å². The number of halogens is 2. The van der Waals surface area contributed by atoms with Gasteiger partial charge >= 0.3 is 0 Å². The summed E-state index contributed by atoms with van der Waals surface area (Å²) in [7, 11) is 3.29. The number of benzene rings is 2. The SMILES string of the molecule is CN=C(NCc1nc(-c2ccc(OC)cc2)n[nH]1)NC1CCN(c2c(F)cccc2F)C1. The number of ether oxygens (including phenoxy) is 1. The summed E-state index contributed by atoms with van der Waals surface area (Å²) in [6.45, 7) is 1.42. The van der Waals surface area contributed by atoms with Crippen LogP contribution in [0.25, 0.3) is 11.4 Å². The molecule has 1 saturated heterocycles. The highest BCUT2D eigenvalue weighted by molar-refractivity contribution is 5.80. The van der Waals surface area contributed by atoms with Gasteiger partial charge in [-0.05, 0) is 42.8 Å². The highest BCUT2D eigenvalue weighted by atomic mass is 19.1. The maximum Gasteiger partial charge on any atom is 0.191 e. The number of aliphatic imine (C=N–C) groups is 1. The Bertz CT molecular complexity index is 1060. The molecule has 0 aliphatic carbocycles. The largest absolute Gasteiger partial charge is 0.497 e. The van der Waals surface area contributed by atoms with E-state index in [1.807, 2.05) is 24.3 Å². The molecule has 1 fully saturated rings. The van der Waals surface area contributed by atoms with Gasteiger partial charge in [-0.25, -0.2) is 13.8 Å². The van der Waals surface area contributed by atoms with Gasteiger partial charge in [-0.2, -0.15) is 5.10 Å². The van der Waals surface area contributed by atoms with Crippen molar-refractivity contribution in [2.75, 3.05) is 32.1 Å². The molecule has 32 heavy (non-hydrogen) atoms. The van der Waals surface area contributed by atoms with Gasteiger partial charge in [0.1, 0.15) is 28.9 Å². The number of aromatic nitrogens is 3. The molecule has 3 N–H and O–H groups in total. The van der Waals surface area contributed by atoms with Gasteiger partial charge in [0.2, 0.25) is 0 Å². The fraction of sp³-hybridized carbons (Fsp3) is 0.318. The first-order valence-electron chi connectivity index (χ1n) is 10.3. The van der Waals surface area contributed by atoms with Crippen molar-refractivity contribution >= 4 is 11.6 Å². The van der Waals surface area contributed by atoms with Gasteiger partial charge in [0.05, 0.1) is 13.7 Å². The second kappa shape index (κ2) is 9.63. The van der Waals surface area contributed by atoms with Gasteiger partial charge < -0.3 is 20.3 Å². The van der Waals surface area contributed by atoms with Crippen LogP contribution in [0.1, 0.15) is 12.2 Å². The average molecular weight is 441 g/mol. The molecule has 1 aliphatic rings. The fourth-order valence-electron chi connectivity index (χ4n) is 3.67. The van der Waals surface area contributed by atoms with Crippen LogP contribution in [0.2, 0.25) is 0 Å². The van der Waals surface area contributed by atoms with Crippen molar-refractivity contribution in [3.05, 3.63) is 59.9 Å². The number of H-pyrrole nitrogens is 1. The van der Waals surface area contributed by atoms with Gasteiger partial charge in [0.15, 0.2) is 11.8 Å². The van der Waals surface area contributed by atoms with Crippen LogP contribution in [0.4, 0.5) is 14.5 Å². The van der Waals surface area contributed by atoms with Crippen molar-refractivity contribution in [3.8, 4) is 17.1 Å². The zero-order chi connectivity index (χ0) is 22.5. The van der Waals surface area contributed by atoms with Crippen molar-refractivity contribution in [2.45, 2.75) is 19.0 Å². The summed E-state index contributed by atoms with van der Waals surface area (Å²) in [4.78, 5) is 10.5. The van der Waals surface area contributed by atoms with Crippen LogP contribution in [0.5, 0.6) is 5.75 Å². The zero-order valence-corrected chi connectivity index (χ0v) is 17.9. The van der Waals surface area contributed by atoms with E-state index in [2.05, 4.69) is 30.8 Å². The molecule has 168 valence electrons. The molecule has 8 nitrogen and oxygen atoms in total. The second-order valence-electron chi connectivity index (χ2n) is 7.41. The normalized spacial score (nSPS) is 16.3. The summed E-state index contributed by atoms with van der Waals surface area (Å²) >= 11 is 0.